The van der Waals surface area contributed by atoms with Gasteiger partial charge < -0.3 is 15.5 Å². The molecule has 2 N–H and O–H groups in total. The summed E-state index contributed by atoms with van der Waals surface area (Å²) < 4.78 is 0. The van der Waals surface area contributed by atoms with Crippen LogP contribution in [0.5, 0.6) is 0 Å². The molecule has 1 heterocycles. The molecule has 2 bridgehead atoms. The fourth-order valence-electron chi connectivity index (χ4n) is 5.07. The highest BCUT2D eigenvalue weighted by molar-refractivity contribution is 6.06. The summed E-state index contributed by atoms with van der Waals surface area (Å²) in [6.07, 6.45) is 11.3. The van der Waals surface area contributed by atoms with Crippen LogP contribution in [-0.4, -0.2) is 74.4 Å². The first kappa shape index (κ1) is 22.8. The first-order valence-corrected chi connectivity index (χ1v) is 11.7. The minimum Gasteiger partial charge on any atom is -0.357 e. The van der Waals surface area contributed by atoms with E-state index in [4.69, 9.17) is 0 Å². The second-order valence-corrected chi connectivity index (χ2v) is 9.09. The summed E-state index contributed by atoms with van der Waals surface area (Å²) >= 11 is 0. The maximum Gasteiger partial charge on any atom is 0.233 e. The maximum absolute atomic E-state index is 12.7. The first-order chi connectivity index (χ1) is 14.5. The van der Waals surface area contributed by atoms with Crippen LogP contribution in [0.4, 0.5) is 0 Å². The van der Waals surface area contributed by atoms with Crippen LogP contribution in [-0.2, 0) is 9.59 Å². The van der Waals surface area contributed by atoms with E-state index in [1.807, 2.05) is 6.92 Å². The van der Waals surface area contributed by atoms with Crippen LogP contribution in [0.3, 0.4) is 0 Å². The molecule has 1 saturated heterocycles. The lowest BCUT2D eigenvalue weighted by Gasteiger charge is -2.18. The predicted octanol–water partition coefficient (Wildman–Crippen LogP) is 1.86. The lowest BCUT2D eigenvalue weighted by atomic mass is 9.85. The lowest BCUT2D eigenvalue weighted by molar-refractivity contribution is -0.140. The summed E-state index contributed by atoms with van der Waals surface area (Å²) in [6, 6.07) is 0. The number of rotatable bonds is 12. The van der Waals surface area contributed by atoms with Gasteiger partial charge in [-0.1, -0.05) is 31.4 Å². The average molecular weight is 418 g/mol. The van der Waals surface area contributed by atoms with Gasteiger partial charge >= 0.3 is 0 Å². The van der Waals surface area contributed by atoms with Crippen molar-refractivity contribution in [1.29, 1.82) is 0 Å². The third-order valence-corrected chi connectivity index (χ3v) is 6.57. The van der Waals surface area contributed by atoms with Gasteiger partial charge in [-0.05, 0) is 58.7 Å². The van der Waals surface area contributed by atoms with Crippen molar-refractivity contribution in [2.45, 2.75) is 45.4 Å². The van der Waals surface area contributed by atoms with Crippen LogP contribution >= 0.6 is 0 Å². The number of guanidine groups is 1. The highest BCUT2D eigenvalue weighted by atomic mass is 16.2. The molecule has 2 fully saturated rings. The van der Waals surface area contributed by atoms with Crippen LogP contribution in [0, 0.1) is 23.7 Å². The Morgan fingerprint density at radius 1 is 1.03 bits per heavy atom. The Kier molecular flexibility index (Phi) is 8.31. The average Bonchev–Trinajstić information content (AvgIpc) is 3.39. The quantitative estimate of drug-likeness (QED) is 0.167. The normalized spacial score (nSPS) is 27.5. The monoisotopic (exact) mass is 417 g/mol. The molecule has 1 saturated carbocycles. The molecular weight excluding hydrogens is 378 g/mol. The van der Waals surface area contributed by atoms with Gasteiger partial charge in [-0.25, -0.2) is 0 Å². The molecule has 7 nitrogen and oxygen atoms in total. The smallest absolute Gasteiger partial charge is 0.233 e. The number of nitrogens with one attached hydrogen (secondary N) is 2. The van der Waals surface area contributed by atoms with E-state index < -0.39 is 0 Å². The highest BCUT2D eigenvalue weighted by Gasteiger charge is 2.58. The maximum atomic E-state index is 12.7. The van der Waals surface area contributed by atoms with E-state index in [-0.39, 0.29) is 35.5 Å². The standard InChI is InChI=1S/C23H39N5O2/c1-4-24-23(25-12-8-6-5-7-9-14-27(2)3)26-13-15-28-21(29)19-17-10-11-18(16-17)20(19)22(28)30/h10-11,17-20H,4-9,12-16H2,1-3H3,(H2,24,25,26). The number of hydrogen-bond acceptors (Lipinski definition) is 4. The summed E-state index contributed by atoms with van der Waals surface area (Å²) in [4.78, 5) is 33.8. The predicted molar refractivity (Wildman–Crippen MR) is 120 cm³/mol. The van der Waals surface area contributed by atoms with E-state index in [1.165, 1.54) is 30.6 Å². The SMILES string of the molecule is CCNC(=NCCCCCCCN(C)C)NCCN1C(=O)C2C3C=CC(C3)C2C1=O. The van der Waals surface area contributed by atoms with E-state index in [9.17, 15) is 9.59 Å². The Labute approximate surface area is 181 Å². The van der Waals surface area contributed by atoms with E-state index in [0.717, 1.165) is 38.4 Å². The third-order valence-electron chi connectivity index (χ3n) is 6.57. The van der Waals surface area contributed by atoms with Gasteiger partial charge in [0.15, 0.2) is 5.96 Å². The molecule has 3 aliphatic rings. The highest BCUT2D eigenvalue weighted by Crippen LogP contribution is 2.52. The van der Waals surface area contributed by atoms with Gasteiger partial charge in [-0.2, -0.15) is 0 Å². The van der Waals surface area contributed by atoms with E-state index >= 15 is 0 Å². The fourth-order valence-corrected chi connectivity index (χ4v) is 5.07. The van der Waals surface area contributed by atoms with Crippen LogP contribution < -0.4 is 10.6 Å². The van der Waals surface area contributed by atoms with Crippen molar-refractivity contribution >= 4 is 17.8 Å². The van der Waals surface area contributed by atoms with Crippen LogP contribution in [0.15, 0.2) is 17.1 Å². The molecule has 2 amide bonds. The van der Waals surface area contributed by atoms with Gasteiger partial charge in [-0.15, -0.1) is 0 Å². The van der Waals surface area contributed by atoms with Gasteiger partial charge in [-0.3, -0.25) is 19.5 Å². The zero-order valence-corrected chi connectivity index (χ0v) is 18.9. The summed E-state index contributed by atoms with van der Waals surface area (Å²) in [5.74, 6) is 1.16. The number of carbonyl (C=O) groups excluding carboxylic acids is 2. The minimum absolute atomic E-state index is 0.0276. The first-order valence-electron chi connectivity index (χ1n) is 11.7. The summed E-state index contributed by atoms with van der Waals surface area (Å²) in [6.45, 7) is 5.74. The third kappa shape index (κ3) is 5.42. The number of fused-ring (bicyclic) bond motifs is 5. The van der Waals surface area contributed by atoms with Crippen molar-refractivity contribution in [3.63, 3.8) is 0 Å². The van der Waals surface area contributed by atoms with Gasteiger partial charge in [0.25, 0.3) is 0 Å². The van der Waals surface area contributed by atoms with Crippen LogP contribution in [0.1, 0.15) is 45.4 Å². The molecule has 0 aromatic rings. The number of unbranched alkanes of at least 4 members (excludes halogenated alkanes) is 4. The van der Waals surface area contributed by atoms with Crippen molar-refractivity contribution in [2.75, 3.05) is 46.8 Å². The number of aliphatic imine (C=N–C) groups is 1. The number of allylic oxidation sites excluding steroid dienone is 2. The van der Waals surface area contributed by atoms with E-state index in [0.29, 0.717) is 13.1 Å². The van der Waals surface area contributed by atoms with Crippen LogP contribution in [0.2, 0.25) is 0 Å². The van der Waals surface area contributed by atoms with Crippen molar-refractivity contribution in [3.8, 4) is 0 Å². The van der Waals surface area contributed by atoms with Crippen LogP contribution in [0.25, 0.3) is 0 Å². The molecule has 7 heteroatoms. The second-order valence-electron chi connectivity index (χ2n) is 9.09. The number of amides is 2. The molecule has 1 aliphatic heterocycles. The zero-order valence-electron chi connectivity index (χ0n) is 18.9. The van der Waals surface area contributed by atoms with Gasteiger partial charge in [0, 0.05) is 26.2 Å². The Balaban J connectivity index is 1.35. The number of imide groups is 1. The fraction of sp³-hybridized carbons (Fsp3) is 0.783. The summed E-state index contributed by atoms with van der Waals surface area (Å²) in [5, 5.41) is 6.54. The molecule has 30 heavy (non-hydrogen) atoms. The molecule has 4 atom stereocenters. The number of carbonyl (C=O) groups is 2. The molecule has 0 aromatic carbocycles. The molecule has 3 rings (SSSR count). The van der Waals surface area contributed by atoms with Gasteiger partial charge in [0.1, 0.15) is 0 Å². The number of hydrogen-bond donors (Lipinski definition) is 2. The molecule has 2 aliphatic carbocycles. The van der Waals surface area contributed by atoms with Gasteiger partial charge in [0.2, 0.25) is 11.8 Å². The molecule has 4 unspecified atom stereocenters. The zero-order chi connectivity index (χ0) is 21.5. The van der Waals surface area contributed by atoms with E-state index in [1.54, 1.807) is 0 Å². The Hall–Kier alpha value is -1.89. The van der Waals surface area contributed by atoms with Crippen molar-refractivity contribution in [3.05, 3.63) is 12.2 Å². The Bertz CT molecular complexity index is 630. The van der Waals surface area contributed by atoms with Gasteiger partial charge in [0.05, 0.1) is 11.8 Å². The minimum atomic E-state index is -0.105. The largest absolute Gasteiger partial charge is 0.357 e. The molecule has 0 aromatic heterocycles. The number of nitrogens with zero attached hydrogens (tertiary/aromatic N) is 3. The Morgan fingerprint density at radius 2 is 1.67 bits per heavy atom. The van der Waals surface area contributed by atoms with Crippen molar-refractivity contribution in [2.24, 2.45) is 28.7 Å². The topological polar surface area (TPSA) is 77.0 Å². The lowest BCUT2D eigenvalue weighted by Crippen LogP contribution is -2.43. The molecular formula is C23H39N5O2. The van der Waals surface area contributed by atoms with E-state index in [2.05, 4.69) is 46.8 Å². The summed E-state index contributed by atoms with van der Waals surface area (Å²) in [5.41, 5.74) is 0. The van der Waals surface area contributed by atoms with Crippen molar-refractivity contribution in [1.82, 2.24) is 20.4 Å². The molecule has 0 spiro atoms. The molecule has 0 radical (unpaired) electrons. The van der Waals surface area contributed by atoms with Crippen molar-refractivity contribution < 1.29 is 9.59 Å². The molecule has 168 valence electrons. The number of likely N-dealkylation sites (tertiary alicyclic amines) is 1. The second kappa shape index (κ2) is 10.9. The summed E-state index contributed by atoms with van der Waals surface area (Å²) in [7, 11) is 4.23. The Morgan fingerprint density at radius 3 is 2.30 bits per heavy atom.